The summed E-state index contributed by atoms with van der Waals surface area (Å²) in [5.74, 6) is 1.11. The molecular weight excluding hydrogens is 290 g/mol. The quantitative estimate of drug-likeness (QED) is 0.791. The minimum Gasteiger partial charge on any atom is -0.493 e. The molecule has 0 heterocycles. The largest absolute Gasteiger partial charge is 0.493 e. The molecule has 1 amide bonds. The van der Waals surface area contributed by atoms with Crippen LogP contribution in [0.25, 0.3) is 6.08 Å². The van der Waals surface area contributed by atoms with Crippen molar-refractivity contribution >= 4 is 17.7 Å². The zero-order valence-electron chi connectivity index (χ0n) is 13.9. The minimum atomic E-state index is -0.113. The number of likely N-dealkylation sites (N-methyl/N-ethyl adjacent to an activating group) is 1. The van der Waals surface area contributed by atoms with E-state index in [9.17, 15) is 4.79 Å². The fourth-order valence-corrected chi connectivity index (χ4v) is 2.12. The summed E-state index contributed by atoms with van der Waals surface area (Å²) in [6.45, 7) is 2.03. The molecule has 23 heavy (non-hydrogen) atoms. The summed E-state index contributed by atoms with van der Waals surface area (Å²) in [6, 6.07) is 13.4. The van der Waals surface area contributed by atoms with E-state index < -0.39 is 0 Å². The Bertz CT molecular complexity index is 705. The van der Waals surface area contributed by atoms with Gasteiger partial charge in [-0.15, -0.1) is 0 Å². The molecule has 0 atom stereocenters. The molecule has 0 radical (unpaired) electrons. The Morgan fingerprint density at radius 3 is 2.26 bits per heavy atom. The number of carbonyl (C=O) groups excluding carboxylic acids is 1. The van der Waals surface area contributed by atoms with E-state index in [4.69, 9.17) is 9.47 Å². The Kier molecular flexibility index (Phi) is 5.41. The van der Waals surface area contributed by atoms with Crippen LogP contribution >= 0.6 is 0 Å². The van der Waals surface area contributed by atoms with Crippen LogP contribution in [-0.4, -0.2) is 27.2 Å². The van der Waals surface area contributed by atoms with Crippen molar-refractivity contribution in [2.24, 2.45) is 0 Å². The molecule has 0 fully saturated rings. The number of anilines is 1. The van der Waals surface area contributed by atoms with Crippen molar-refractivity contribution in [2.45, 2.75) is 6.92 Å². The normalized spacial score (nSPS) is 10.6. The number of nitrogens with zero attached hydrogens (tertiary/aromatic N) is 1. The van der Waals surface area contributed by atoms with Crippen molar-refractivity contribution in [2.75, 3.05) is 26.2 Å². The van der Waals surface area contributed by atoms with Crippen molar-refractivity contribution in [1.82, 2.24) is 0 Å². The summed E-state index contributed by atoms with van der Waals surface area (Å²) in [5, 5.41) is 0. The van der Waals surface area contributed by atoms with Gasteiger partial charge in [0.1, 0.15) is 0 Å². The van der Waals surface area contributed by atoms with Gasteiger partial charge in [0.25, 0.3) is 5.91 Å². The highest BCUT2D eigenvalue weighted by atomic mass is 16.5. The van der Waals surface area contributed by atoms with Crippen molar-refractivity contribution in [3.63, 3.8) is 0 Å². The number of rotatable bonds is 5. The molecule has 4 heteroatoms. The number of carbonyl (C=O) groups is 1. The first-order valence-electron chi connectivity index (χ1n) is 7.29. The van der Waals surface area contributed by atoms with Crippen LogP contribution in [0.15, 0.2) is 48.5 Å². The smallest absolute Gasteiger partial charge is 0.250 e. The molecule has 0 unspecified atom stereocenters. The predicted molar refractivity (Wildman–Crippen MR) is 93.2 cm³/mol. The van der Waals surface area contributed by atoms with Crippen molar-refractivity contribution < 1.29 is 14.3 Å². The molecule has 0 aliphatic carbocycles. The third-order valence-corrected chi connectivity index (χ3v) is 3.58. The molecule has 4 nitrogen and oxygen atoms in total. The van der Waals surface area contributed by atoms with Crippen LogP contribution in [0.2, 0.25) is 0 Å². The number of amides is 1. The van der Waals surface area contributed by atoms with Gasteiger partial charge in [-0.25, -0.2) is 0 Å². The summed E-state index contributed by atoms with van der Waals surface area (Å²) in [7, 11) is 4.88. The van der Waals surface area contributed by atoms with Gasteiger partial charge in [0.15, 0.2) is 11.5 Å². The fraction of sp³-hybridized carbons (Fsp3) is 0.211. The van der Waals surface area contributed by atoms with E-state index in [1.807, 2.05) is 37.3 Å². The lowest BCUT2D eigenvalue weighted by Crippen LogP contribution is -2.23. The molecule has 0 aliphatic heterocycles. The molecular formula is C19H21NO3. The second kappa shape index (κ2) is 7.49. The lowest BCUT2D eigenvalue weighted by molar-refractivity contribution is -0.113. The molecule has 0 N–H and O–H groups in total. The van der Waals surface area contributed by atoms with Gasteiger partial charge in [0.05, 0.1) is 14.2 Å². The minimum absolute atomic E-state index is 0.113. The van der Waals surface area contributed by atoms with E-state index in [2.05, 4.69) is 0 Å². The number of hydrogen-bond acceptors (Lipinski definition) is 3. The maximum atomic E-state index is 12.3. The molecule has 0 bridgehead atoms. The molecule has 0 saturated carbocycles. The Morgan fingerprint density at radius 2 is 1.65 bits per heavy atom. The second-order valence-electron chi connectivity index (χ2n) is 5.18. The maximum absolute atomic E-state index is 12.3. The van der Waals surface area contributed by atoms with Crippen LogP contribution in [0.5, 0.6) is 11.5 Å². The van der Waals surface area contributed by atoms with Crippen LogP contribution in [0.4, 0.5) is 5.69 Å². The number of benzene rings is 2. The van der Waals surface area contributed by atoms with Crippen LogP contribution in [-0.2, 0) is 4.79 Å². The summed E-state index contributed by atoms with van der Waals surface area (Å²) in [6.07, 6.45) is 3.36. The second-order valence-corrected chi connectivity index (χ2v) is 5.18. The lowest BCUT2D eigenvalue weighted by atomic mass is 10.1. The number of hydrogen-bond donors (Lipinski definition) is 0. The van der Waals surface area contributed by atoms with Crippen molar-refractivity contribution in [3.05, 3.63) is 59.7 Å². The first-order valence-corrected chi connectivity index (χ1v) is 7.29. The van der Waals surface area contributed by atoms with E-state index in [1.54, 1.807) is 50.5 Å². The van der Waals surface area contributed by atoms with Crippen LogP contribution in [0.1, 0.15) is 11.1 Å². The zero-order valence-corrected chi connectivity index (χ0v) is 13.9. The first kappa shape index (κ1) is 16.6. The van der Waals surface area contributed by atoms with Gasteiger partial charge in [-0.1, -0.05) is 29.8 Å². The molecule has 0 saturated heterocycles. The highest BCUT2D eigenvalue weighted by Gasteiger charge is 2.11. The molecule has 2 aromatic carbocycles. The van der Waals surface area contributed by atoms with Gasteiger partial charge in [-0.05, 0) is 30.7 Å². The SMILES string of the molecule is COc1ccc(N(C)C(=O)/C=C/c2ccc(C)cc2)cc1OC. The third-order valence-electron chi connectivity index (χ3n) is 3.58. The Hall–Kier alpha value is -2.75. The standard InChI is InChI=1S/C19H21NO3/c1-14-5-7-15(8-6-14)9-12-19(21)20(2)16-10-11-17(22-3)18(13-16)23-4/h5-13H,1-4H3/b12-9+. The lowest BCUT2D eigenvalue weighted by Gasteiger charge is -2.17. The van der Waals surface area contributed by atoms with Gasteiger partial charge in [-0.2, -0.15) is 0 Å². The maximum Gasteiger partial charge on any atom is 0.250 e. The van der Waals surface area contributed by atoms with Gasteiger partial charge in [-0.3, -0.25) is 4.79 Å². The van der Waals surface area contributed by atoms with E-state index in [0.717, 1.165) is 11.3 Å². The van der Waals surface area contributed by atoms with Gasteiger partial charge < -0.3 is 14.4 Å². The predicted octanol–water partition coefficient (Wildman–Crippen LogP) is 3.69. The van der Waals surface area contributed by atoms with Crippen LogP contribution in [0, 0.1) is 6.92 Å². The average molecular weight is 311 g/mol. The summed E-state index contributed by atoms with van der Waals surface area (Å²) in [4.78, 5) is 13.9. The molecule has 2 rings (SSSR count). The zero-order chi connectivity index (χ0) is 16.8. The highest BCUT2D eigenvalue weighted by molar-refractivity contribution is 6.03. The monoisotopic (exact) mass is 311 g/mol. The average Bonchev–Trinajstić information content (AvgIpc) is 2.59. The number of aryl methyl sites for hydroxylation is 1. The Labute approximate surface area is 137 Å². The van der Waals surface area contributed by atoms with E-state index >= 15 is 0 Å². The summed E-state index contributed by atoms with van der Waals surface area (Å²) in [5.41, 5.74) is 2.92. The Morgan fingerprint density at radius 1 is 1.00 bits per heavy atom. The van der Waals surface area contributed by atoms with Gasteiger partial charge in [0, 0.05) is 24.9 Å². The molecule has 2 aromatic rings. The van der Waals surface area contributed by atoms with E-state index in [1.165, 1.54) is 5.56 Å². The van der Waals surface area contributed by atoms with Crippen LogP contribution < -0.4 is 14.4 Å². The van der Waals surface area contributed by atoms with Crippen molar-refractivity contribution in [3.8, 4) is 11.5 Å². The van der Waals surface area contributed by atoms with Crippen LogP contribution in [0.3, 0.4) is 0 Å². The molecule has 120 valence electrons. The third kappa shape index (κ3) is 4.13. The van der Waals surface area contributed by atoms with E-state index in [-0.39, 0.29) is 5.91 Å². The summed E-state index contributed by atoms with van der Waals surface area (Å²) < 4.78 is 10.5. The Balaban J connectivity index is 2.14. The highest BCUT2D eigenvalue weighted by Crippen LogP contribution is 2.31. The van der Waals surface area contributed by atoms with Gasteiger partial charge >= 0.3 is 0 Å². The van der Waals surface area contributed by atoms with Gasteiger partial charge in [0.2, 0.25) is 0 Å². The summed E-state index contributed by atoms with van der Waals surface area (Å²) >= 11 is 0. The topological polar surface area (TPSA) is 38.8 Å². The van der Waals surface area contributed by atoms with Crippen molar-refractivity contribution in [1.29, 1.82) is 0 Å². The molecule has 0 aromatic heterocycles. The molecule has 0 aliphatic rings. The van der Waals surface area contributed by atoms with E-state index in [0.29, 0.717) is 11.5 Å². The first-order chi connectivity index (χ1) is 11.0. The molecule has 0 spiro atoms. The fourth-order valence-electron chi connectivity index (χ4n) is 2.12. The number of methoxy groups -OCH3 is 2. The number of ether oxygens (including phenoxy) is 2.